The third-order valence-electron chi connectivity index (χ3n) is 7.03. The van der Waals surface area contributed by atoms with Gasteiger partial charge in [0.1, 0.15) is 0 Å². The van der Waals surface area contributed by atoms with Gasteiger partial charge in [0.2, 0.25) is 10.7 Å². The van der Waals surface area contributed by atoms with E-state index in [-0.39, 0.29) is 5.92 Å². The summed E-state index contributed by atoms with van der Waals surface area (Å²) in [6.45, 7) is 6.79. The van der Waals surface area contributed by atoms with E-state index in [1.165, 1.54) is 37.7 Å². The highest BCUT2D eigenvalue weighted by Gasteiger charge is 2.32. The molecule has 0 bridgehead atoms. The molecule has 166 valence electrons. The Bertz CT molecular complexity index is 976. The summed E-state index contributed by atoms with van der Waals surface area (Å²) in [4.78, 5) is 17.7. The van der Waals surface area contributed by atoms with Crippen molar-refractivity contribution in [2.45, 2.75) is 64.6 Å². The largest absolute Gasteiger partial charge is 0.341 e. The van der Waals surface area contributed by atoms with E-state index in [0.717, 1.165) is 62.0 Å². The van der Waals surface area contributed by atoms with Crippen molar-refractivity contribution in [2.24, 2.45) is 5.92 Å². The van der Waals surface area contributed by atoms with Gasteiger partial charge in [-0.1, -0.05) is 29.8 Å². The zero-order valence-electron chi connectivity index (χ0n) is 18.5. The maximum atomic E-state index is 12.9. The van der Waals surface area contributed by atoms with E-state index in [1.54, 1.807) is 0 Å². The molecule has 1 aliphatic carbocycles. The summed E-state index contributed by atoms with van der Waals surface area (Å²) in [6.07, 6.45) is 8.04. The van der Waals surface area contributed by atoms with E-state index in [0.29, 0.717) is 11.8 Å². The summed E-state index contributed by atoms with van der Waals surface area (Å²) in [5.74, 6) is 1.50. The Balaban J connectivity index is 1.24. The maximum absolute atomic E-state index is 12.9. The predicted octanol–water partition coefficient (Wildman–Crippen LogP) is 4.60. The normalized spacial score (nSPS) is 20.9. The zero-order chi connectivity index (χ0) is 21.4. The Morgan fingerprint density at radius 1 is 1.00 bits per heavy atom. The maximum Gasteiger partial charge on any atom is 0.226 e. The molecule has 0 unspecified atom stereocenters. The molecular formula is C24H33N5OS. The first-order valence-electron chi connectivity index (χ1n) is 11.9. The molecular weight excluding hydrogens is 406 g/mol. The molecule has 0 spiro atoms. The van der Waals surface area contributed by atoms with Crippen molar-refractivity contribution in [1.29, 1.82) is 0 Å². The molecule has 2 aromatic rings. The number of Topliss-reactive ketones (excluding diaryl/α,β-unsaturated/α-hetero) is 1. The molecule has 0 atom stereocenters. The number of piperidine rings is 2. The van der Waals surface area contributed by atoms with Crippen LogP contribution in [0.25, 0.3) is 0 Å². The zero-order valence-corrected chi connectivity index (χ0v) is 19.3. The molecule has 3 aliphatic rings. The molecule has 1 saturated carbocycles. The van der Waals surface area contributed by atoms with Crippen molar-refractivity contribution < 1.29 is 4.79 Å². The fraction of sp³-hybridized carbons (Fsp3) is 0.625. The van der Waals surface area contributed by atoms with E-state index in [1.807, 2.05) is 28.9 Å². The molecule has 1 aromatic heterocycles. The van der Waals surface area contributed by atoms with E-state index < -0.39 is 0 Å². The molecule has 0 N–H and O–H groups in total. The fourth-order valence-corrected chi connectivity index (χ4v) is 5.27. The Hall–Kier alpha value is -1.99. The van der Waals surface area contributed by atoms with Crippen LogP contribution in [0.2, 0.25) is 0 Å². The molecule has 2 aliphatic heterocycles. The summed E-state index contributed by atoms with van der Waals surface area (Å²) in [5.41, 5.74) is 2.04. The van der Waals surface area contributed by atoms with Crippen molar-refractivity contribution >= 4 is 23.9 Å². The van der Waals surface area contributed by atoms with Crippen LogP contribution in [0.15, 0.2) is 24.3 Å². The molecule has 31 heavy (non-hydrogen) atoms. The second-order valence-corrected chi connectivity index (χ2v) is 9.86. The van der Waals surface area contributed by atoms with Crippen LogP contribution in [0, 0.1) is 17.6 Å². The Labute approximate surface area is 189 Å². The van der Waals surface area contributed by atoms with Crippen LogP contribution < -0.4 is 4.90 Å². The minimum atomic E-state index is 0.125. The Morgan fingerprint density at radius 3 is 2.32 bits per heavy atom. The van der Waals surface area contributed by atoms with Gasteiger partial charge >= 0.3 is 0 Å². The number of carbonyl (C=O) groups is 1. The van der Waals surface area contributed by atoms with E-state index in [9.17, 15) is 4.79 Å². The lowest BCUT2D eigenvalue weighted by molar-refractivity contribution is 0.0803. The van der Waals surface area contributed by atoms with Crippen LogP contribution in [-0.2, 0) is 6.67 Å². The average Bonchev–Trinajstić information content (AvgIpc) is 3.59. The topological polar surface area (TPSA) is 46.3 Å². The molecule has 6 nitrogen and oxygen atoms in total. The van der Waals surface area contributed by atoms with Crippen molar-refractivity contribution in [3.8, 4) is 0 Å². The van der Waals surface area contributed by atoms with Crippen LogP contribution in [0.3, 0.4) is 0 Å². The van der Waals surface area contributed by atoms with Gasteiger partial charge in [-0.05, 0) is 64.1 Å². The molecule has 3 heterocycles. The van der Waals surface area contributed by atoms with Crippen molar-refractivity contribution in [3.05, 3.63) is 40.2 Å². The molecule has 0 amide bonds. The van der Waals surface area contributed by atoms with Gasteiger partial charge in [0.15, 0.2) is 5.78 Å². The molecule has 5 rings (SSSR count). The number of nitrogens with zero attached hydrogens (tertiary/aromatic N) is 5. The number of anilines is 1. The highest BCUT2D eigenvalue weighted by molar-refractivity contribution is 7.71. The van der Waals surface area contributed by atoms with Gasteiger partial charge < -0.3 is 4.90 Å². The first-order chi connectivity index (χ1) is 15.1. The minimum Gasteiger partial charge on any atom is -0.341 e. The monoisotopic (exact) mass is 439 g/mol. The van der Waals surface area contributed by atoms with Gasteiger partial charge in [-0.3, -0.25) is 14.3 Å². The first kappa shape index (κ1) is 20.9. The van der Waals surface area contributed by atoms with E-state index in [4.69, 9.17) is 17.3 Å². The van der Waals surface area contributed by atoms with Gasteiger partial charge in [-0.15, -0.1) is 5.10 Å². The highest BCUT2D eigenvalue weighted by atomic mass is 32.1. The average molecular weight is 440 g/mol. The van der Waals surface area contributed by atoms with Gasteiger partial charge in [0.05, 0.1) is 6.67 Å². The Morgan fingerprint density at radius 2 is 1.68 bits per heavy atom. The molecule has 1 aromatic carbocycles. The number of hydrogen-bond acceptors (Lipinski definition) is 5. The first-order valence-corrected chi connectivity index (χ1v) is 12.3. The third-order valence-corrected chi connectivity index (χ3v) is 7.44. The summed E-state index contributed by atoms with van der Waals surface area (Å²) < 4.78 is 5.20. The van der Waals surface area contributed by atoms with Crippen LogP contribution in [-0.4, -0.2) is 51.2 Å². The van der Waals surface area contributed by atoms with Gasteiger partial charge in [0, 0.05) is 43.7 Å². The number of rotatable bonds is 6. The molecule has 7 heteroatoms. The quantitative estimate of drug-likeness (QED) is 0.486. The smallest absolute Gasteiger partial charge is 0.226 e. The van der Waals surface area contributed by atoms with Crippen LogP contribution >= 0.6 is 12.2 Å². The highest BCUT2D eigenvalue weighted by Crippen LogP contribution is 2.39. The van der Waals surface area contributed by atoms with Gasteiger partial charge in [0.25, 0.3) is 0 Å². The number of aryl methyl sites for hydroxylation is 1. The van der Waals surface area contributed by atoms with Gasteiger partial charge in [-0.25, -0.2) is 4.68 Å². The summed E-state index contributed by atoms with van der Waals surface area (Å²) in [7, 11) is 0. The molecule has 3 fully saturated rings. The van der Waals surface area contributed by atoms with E-state index in [2.05, 4.69) is 21.3 Å². The van der Waals surface area contributed by atoms with Gasteiger partial charge in [-0.2, -0.15) is 0 Å². The van der Waals surface area contributed by atoms with Crippen molar-refractivity contribution in [2.75, 3.05) is 31.1 Å². The number of benzene rings is 1. The predicted molar refractivity (Wildman–Crippen MR) is 125 cm³/mol. The van der Waals surface area contributed by atoms with E-state index >= 15 is 0 Å². The third kappa shape index (κ3) is 4.48. The summed E-state index contributed by atoms with van der Waals surface area (Å²) in [6, 6.07) is 8.53. The summed E-state index contributed by atoms with van der Waals surface area (Å²) >= 11 is 5.86. The second kappa shape index (κ2) is 8.87. The number of likely N-dealkylation sites (tertiary alicyclic amines) is 1. The minimum absolute atomic E-state index is 0.125. The van der Waals surface area contributed by atoms with Crippen LogP contribution in [0.4, 0.5) is 5.95 Å². The lowest BCUT2D eigenvalue weighted by atomic mass is 9.89. The molecule has 2 saturated heterocycles. The number of carbonyl (C=O) groups excluding carboxylic acids is 1. The number of ketones is 1. The van der Waals surface area contributed by atoms with Crippen molar-refractivity contribution in [3.63, 3.8) is 0 Å². The van der Waals surface area contributed by atoms with Crippen molar-refractivity contribution in [1.82, 2.24) is 19.2 Å². The standard InChI is InChI=1S/C24H33N5OS/c1-18-5-7-19(8-6-18)22(30)20-11-15-26(16-12-20)17-28-24(31)29(21-9-10-21)23(25-28)27-13-3-2-4-14-27/h5-8,20-21H,2-4,9-17H2,1H3. The van der Waals surface area contributed by atoms with Crippen LogP contribution in [0.1, 0.15) is 66.9 Å². The lowest BCUT2D eigenvalue weighted by Crippen LogP contribution is -2.37. The second-order valence-electron chi connectivity index (χ2n) is 9.49. The van der Waals surface area contributed by atoms with Crippen LogP contribution in [0.5, 0.6) is 0 Å². The number of hydrogen-bond donors (Lipinski definition) is 0. The fourth-order valence-electron chi connectivity index (χ4n) is 4.94. The molecule has 0 radical (unpaired) electrons. The Kier molecular flexibility index (Phi) is 5.97. The number of aromatic nitrogens is 3. The SMILES string of the molecule is Cc1ccc(C(=O)C2CCN(Cn3nc(N4CCCCC4)n(C4CC4)c3=S)CC2)cc1. The summed E-state index contributed by atoms with van der Waals surface area (Å²) in [5, 5.41) is 4.99. The lowest BCUT2D eigenvalue weighted by Gasteiger charge is -2.31.